The summed E-state index contributed by atoms with van der Waals surface area (Å²) in [6, 6.07) is 7.12. The molecule has 1 heterocycles. The second kappa shape index (κ2) is 10.5. The van der Waals surface area contributed by atoms with Crippen LogP contribution < -0.4 is 0 Å². The average Bonchev–Trinajstić information content (AvgIpc) is 2.68. The molecule has 1 aliphatic heterocycles. The molecular weight excluding hydrogens is 348 g/mol. The fourth-order valence-corrected chi connectivity index (χ4v) is 3.51. The number of halogens is 2. The predicted molar refractivity (Wildman–Crippen MR) is 104 cm³/mol. The van der Waals surface area contributed by atoms with Crippen molar-refractivity contribution in [3.8, 4) is 0 Å². The first kappa shape index (κ1) is 21.5. The summed E-state index contributed by atoms with van der Waals surface area (Å²) >= 11 is 0. The molecule has 0 saturated carbocycles. The molecule has 1 aliphatic rings. The SMILES string of the molecule is CCCCCCCN1C(=O)CCC[C@@H]1/C=C/[C@@H](O)C(F)(F)c1ccccc1. The molecule has 0 unspecified atom stereocenters. The molecule has 0 aliphatic carbocycles. The fourth-order valence-electron chi connectivity index (χ4n) is 3.51. The van der Waals surface area contributed by atoms with Crippen LogP contribution in [0.25, 0.3) is 0 Å². The summed E-state index contributed by atoms with van der Waals surface area (Å²) in [5.74, 6) is -3.28. The molecule has 1 fully saturated rings. The first-order chi connectivity index (χ1) is 13.0. The van der Waals surface area contributed by atoms with E-state index in [4.69, 9.17) is 0 Å². The third-order valence-electron chi connectivity index (χ3n) is 5.16. The van der Waals surface area contributed by atoms with E-state index in [9.17, 15) is 18.7 Å². The molecule has 1 saturated heterocycles. The quantitative estimate of drug-likeness (QED) is 0.457. The Balaban J connectivity index is 1.98. The highest BCUT2D eigenvalue weighted by molar-refractivity contribution is 5.77. The van der Waals surface area contributed by atoms with E-state index in [0.29, 0.717) is 13.0 Å². The van der Waals surface area contributed by atoms with Crippen molar-refractivity contribution >= 4 is 5.91 Å². The zero-order chi connectivity index (χ0) is 19.7. The first-order valence-corrected chi connectivity index (χ1v) is 10.1. The van der Waals surface area contributed by atoms with Crippen LogP contribution >= 0.6 is 0 Å². The van der Waals surface area contributed by atoms with Gasteiger partial charge in [0.05, 0.1) is 6.04 Å². The van der Waals surface area contributed by atoms with E-state index in [1.807, 2.05) is 0 Å². The van der Waals surface area contributed by atoms with E-state index in [1.165, 1.54) is 37.1 Å². The van der Waals surface area contributed by atoms with Crippen LogP contribution in [-0.2, 0) is 10.7 Å². The number of hydrogen-bond acceptors (Lipinski definition) is 2. The van der Waals surface area contributed by atoms with Gasteiger partial charge in [0.1, 0.15) is 6.10 Å². The number of carbonyl (C=O) groups excluding carboxylic acids is 1. The number of hydrogen-bond donors (Lipinski definition) is 1. The summed E-state index contributed by atoms with van der Waals surface area (Å²) in [4.78, 5) is 14.1. The maximum atomic E-state index is 14.4. The third kappa shape index (κ3) is 6.13. The summed E-state index contributed by atoms with van der Waals surface area (Å²) < 4.78 is 28.8. The standard InChI is InChI=1S/C22H31F2NO2/c1-2-3-4-5-9-17-25-19(13-10-14-21(25)27)15-16-20(26)22(23,24)18-11-7-6-8-12-18/h6-8,11-12,15-16,19-20,26H,2-5,9-10,13-14,17H2,1H3/b16-15+/t19-,20-/m1/s1. The highest BCUT2D eigenvalue weighted by atomic mass is 19.3. The summed E-state index contributed by atoms with van der Waals surface area (Å²) in [7, 11) is 0. The number of rotatable bonds is 10. The van der Waals surface area contributed by atoms with Crippen molar-refractivity contribution in [1.29, 1.82) is 0 Å². The Morgan fingerprint density at radius 3 is 2.63 bits per heavy atom. The van der Waals surface area contributed by atoms with Crippen molar-refractivity contribution in [2.24, 2.45) is 0 Å². The molecular formula is C22H31F2NO2. The molecule has 27 heavy (non-hydrogen) atoms. The number of aliphatic hydroxyl groups excluding tert-OH is 1. The van der Waals surface area contributed by atoms with E-state index >= 15 is 0 Å². The lowest BCUT2D eigenvalue weighted by Crippen LogP contribution is -2.43. The van der Waals surface area contributed by atoms with Crippen molar-refractivity contribution in [2.45, 2.75) is 76.4 Å². The summed E-state index contributed by atoms with van der Waals surface area (Å²) in [6.45, 7) is 2.81. The number of piperidine rings is 1. The number of likely N-dealkylation sites (tertiary alicyclic amines) is 1. The van der Waals surface area contributed by atoms with Gasteiger partial charge in [0.25, 0.3) is 0 Å². The minimum atomic E-state index is -3.36. The van der Waals surface area contributed by atoms with Crippen LogP contribution in [-0.4, -0.2) is 34.6 Å². The highest BCUT2D eigenvalue weighted by Crippen LogP contribution is 2.32. The smallest absolute Gasteiger partial charge is 0.302 e. The third-order valence-corrected chi connectivity index (χ3v) is 5.16. The van der Waals surface area contributed by atoms with E-state index in [2.05, 4.69) is 6.92 Å². The highest BCUT2D eigenvalue weighted by Gasteiger charge is 2.39. The van der Waals surface area contributed by atoms with Gasteiger partial charge in [-0.05, 0) is 19.3 Å². The molecule has 0 aromatic heterocycles. The maximum Gasteiger partial charge on any atom is 0.302 e. The number of benzene rings is 1. The van der Waals surface area contributed by atoms with Crippen LogP contribution in [0.1, 0.15) is 63.9 Å². The van der Waals surface area contributed by atoms with Gasteiger partial charge in [0.15, 0.2) is 0 Å². The van der Waals surface area contributed by atoms with Crippen molar-refractivity contribution in [3.05, 3.63) is 48.0 Å². The molecule has 1 N–H and O–H groups in total. The van der Waals surface area contributed by atoms with Crippen molar-refractivity contribution in [3.63, 3.8) is 0 Å². The Bertz CT molecular complexity index is 604. The average molecular weight is 379 g/mol. The van der Waals surface area contributed by atoms with E-state index < -0.39 is 12.0 Å². The Morgan fingerprint density at radius 1 is 1.22 bits per heavy atom. The molecule has 0 spiro atoms. The molecule has 1 aromatic rings. The Hall–Kier alpha value is -1.75. The second-order valence-corrected chi connectivity index (χ2v) is 7.28. The predicted octanol–water partition coefficient (Wildman–Crippen LogP) is 5.05. The number of unbranched alkanes of at least 4 members (excludes halogenated alkanes) is 4. The molecule has 5 heteroatoms. The molecule has 2 rings (SSSR count). The van der Waals surface area contributed by atoms with Gasteiger partial charge in [0, 0.05) is 18.5 Å². The van der Waals surface area contributed by atoms with Crippen molar-refractivity contribution < 1.29 is 18.7 Å². The monoisotopic (exact) mass is 379 g/mol. The number of aliphatic hydroxyl groups is 1. The molecule has 3 nitrogen and oxygen atoms in total. The van der Waals surface area contributed by atoms with Crippen LogP contribution in [0, 0.1) is 0 Å². The zero-order valence-electron chi connectivity index (χ0n) is 16.1. The Labute approximate surface area is 161 Å². The molecule has 2 atom stereocenters. The van der Waals surface area contributed by atoms with Gasteiger partial charge in [-0.15, -0.1) is 0 Å². The lowest BCUT2D eigenvalue weighted by molar-refractivity contribution is -0.135. The fraction of sp³-hybridized carbons (Fsp3) is 0.591. The molecule has 0 radical (unpaired) electrons. The number of amides is 1. The van der Waals surface area contributed by atoms with Gasteiger partial charge in [-0.3, -0.25) is 4.79 Å². The van der Waals surface area contributed by atoms with E-state index in [-0.39, 0.29) is 17.5 Å². The summed E-state index contributed by atoms with van der Waals surface area (Å²) in [6.07, 6.45) is 8.37. The molecule has 0 bridgehead atoms. The van der Waals surface area contributed by atoms with Gasteiger partial charge in [-0.1, -0.05) is 75.1 Å². The first-order valence-electron chi connectivity index (χ1n) is 10.1. The summed E-state index contributed by atoms with van der Waals surface area (Å²) in [5.41, 5.74) is -0.213. The van der Waals surface area contributed by atoms with Crippen LogP contribution in [0.3, 0.4) is 0 Å². The Morgan fingerprint density at radius 2 is 1.93 bits per heavy atom. The van der Waals surface area contributed by atoms with E-state index in [0.717, 1.165) is 38.2 Å². The molecule has 1 aromatic carbocycles. The van der Waals surface area contributed by atoms with E-state index in [1.54, 1.807) is 17.0 Å². The van der Waals surface area contributed by atoms with Crippen LogP contribution in [0.15, 0.2) is 42.5 Å². The Kier molecular flexibility index (Phi) is 8.42. The normalized spacial score (nSPS) is 19.6. The molecule has 1 amide bonds. The van der Waals surface area contributed by atoms with Crippen LogP contribution in [0.5, 0.6) is 0 Å². The van der Waals surface area contributed by atoms with Gasteiger partial charge < -0.3 is 10.0 Å². The number of carbonyl (C=O) groups is 1. The second-order valence-electron chi connectivity index (χ2n) is 7.28. The van der Waals surface area contributed by atoms with Crippen LogP contribution in [0.4, 0.5) is 8.78 Å². The zero-order valence-corrected chi connectivity index (χ0v) is 16.1. The van der Waals surface area contributed by atoms with Gasteiger partial charge >= 0.3 is 5.92 Å². The van der Waals surface area contributed by atoms with Gasteiger partial charge in [-0.25, -0.2) is 0 Å². The largest absolute Gasteiger partial charge is 0.382 e. The van der Waals surface area contributed by atoms with Crippen molar-refractivity contribution in [1.82, 2.24) is 4.90 Å². The van der Waals surface area contributed by atoms with Crippen LogP contribution in [0.2, 0.25) is 0 Å². The summed E-state index contributed by atoms with van der Waals surface area (Å²) in [5, 5.41) is 10.0. The lowest BCUT2D eigenvalue weighted by atomic mass is 9.98. The number of alkyl halides is 2. The van der Waals surface area contributed by atoms with Crippen molar-refractivity contribution in [2.75, 3.05) is 6.54 Å². The van der Waals surface area contributed by atoms with Gasteiger partial charge in [0.2, 0.25) is 5.91 Å². The number of nitrogens with zero attached hydrogens (tertiary/aromatic N) is 1. The molecule has 150 valence electrons. The maximum absolute atomic E-state index is 14.4. The lowest BCUT2D eigenvalue weighted by Gasteiger charge is -2.34. The topological polar surface area (TPSA) is 40.5 Å². The van der Waals surface area contributed by atoms with Gasteiger partial charge in [-0.2, -0.15) is 8.78 Å². The minimum absolute atomic E-state index is 0.0794. The minimum Gasteiger partial charge on any atom is -0.382 e.